The number of hydrogen-bond donors (Lipinski definition) is 1. The van der Waals surface area contributed by atoms with Crippen LogP contribution in [0.2, 0.25) is 0 Å². The first-order valence-corrected chi connectivity index (χ1v) is 6.27. The van der Waals surface area contributed by atoms with Crippen molar-refractivity contribution in [2.24, 2.45) is 11.7 Å². The van der Waals surface area contributed by atoms with E-state index in [1.165, 1.54) is 0 Å². The van der Waals surface area contributed by atoms with Gasteiger partial charge in [0.05, 0.1) is 13.0 Å². The SMILES string of the molecule is CCOCCC(=O)N1CCC(CC(N)=O)CC1. The van der Waals surface area contributed by atoms with Crippen LogP contribution in [0, 0.1) is 5.92 Å². The number of primary amides is 1. The summed E-state index contributed by atoms with van der Waals surface area (Å²) in [6, 6.07) is 0. The van der Waals surface area contributed by atoms with Crippen LogP contribution in [-0.4, -0.2) is 43.0 Å². The third-order valence-corrected chi connectivity index (χ3v) is 3.12. The number of hydrogen-bond acceptors (Lipinski definition) is 3. The van der Waals surface area contributed by atoms with Gasteiger partial charge in [0, 0.05) is 26.1 Å². The molecule has 1 fully saturated rings. The van der Waals surface area contributed by atoms with Crippen LogP contribution >= 0.6 is 0 Å². The fourth-order valence-corrected chi connectivity index (χ4v) is 2.13. The zero-order chi connectivity index (χ0) is 12.7. The summed E-state index contributed by atoms with van der Waals surface area (Å²) in [6.45, 7) is 4.54. The second kappa shape index (κ2) is 7.27. The van der Waals surface area contributed by atoms with E-state index in [-0.39, 0.29) is 11.8 Å². The lowest BCUT2D eigenvalue weighted by molar-refractivity contribution is -0.133. The molecule has 0 aliphatic carbocycles. The standard InChI is InChI=1S/C12H22N2O3/c1-2-17-8-5-12(16)14-6-3-10(4-7-14)9-11(13)15/h10H,2-9H2,1H3,(H2,13,15). The van der Waals surface area contributed by atoms with E-state index in [4.69, 9.17) is 10.5 Å². The van der Waals surface area contributed by atoms with Crippen molar-refractivity contribution in [2.75, 3.05) is 26.3 Å². The molecule has 1 rings (SSSR count). The molecule has 0 spiro atoms. The Labute approximate surface area is 102 Å². The van der Waals surface area contributed by atoms with Gasteiger partial charge in [0.2, 0.25) is 11.8 Å². The summed E-state index contributed by atoms with van der Waals surface area (Å²) < 4.78 is 5.16. The van der Waals surface area contributed by atoms with Crippen LogP contribution in [0.1, 0.15) is 32.6 Å². The van der Waals surface area contributed by atoms with Gasteiger partial charge in [-0.2, -0.15) is 0 Å². The molecule has 1 saturated heterocycles. The van der Waals surface area contributed by atoms with Crippen LogP contribution in [0.5, 0.6) is 0 Å². The molecule has 2 amide bonds. The van der Waals surface area contributed by atoms with Crippen molar-refractivity contribution < 1.29 is 14.3 Å². The van der Waals surface area contributed by atoms with Crippen molar-refractivity contribution >= 4 is 11.8 Å². The van der Waals surface area contributed by atoms with Crippen LogP contribution < -0.4 is 5.73 Å². The summed E-state index contributed by atoms with van der Waals surface area (Å²) in [7, 11) is 0. The number of likely N-dealkylation sites (tertiary alicyclic amines) is 1. The fraction of sp³-hybridized carbons (Fsp3) is 0.833. The summed E-state index contributed by atoms with van der Waals surface area (Å²) >= 11 is 0. The number of rotatable bonds is 6. The quantitative estimate of drug-likeness (QED) is 0.690. The van der Waals surface area contributed by atoms with E-state index < -0.39 is 0 Å². The van der Waals surface area contributed by atoms with Crippen LogP contribution in [0.15, 0.2) is 0 Å². The zero-order valence-electron chi connectivity index (χ0n) is 10.5. The van der Waals surface area contributed by atoms with Gasteiger partial charge in [-0.1, -0.05) is 0 Å². The largest absolute Gasteiger partial charge is 0.381 e. The lowest BCUT2D eigenvalue weighted by Crippen LogP contribution is -2.39. The van der Waals surface area contributed by atoms with Crippen molar-refractivity contribution in [3.63, 3.8) is 0 Å². The Bertz CT molecular complexity index is 260. The third-order valence-electron chi connectivity index (χ3n) is 3.12. The van der Waals surface area contributed by atoms with Gasteiger partial charge in [0.15, 0.2) is 0 Å². The Kier molecular flexibility index (Phi) is 5.97. The highest BCUT2D eigenvalue weighted by Gasteiger charge is 2.23. The van der Waals surface area contributed by atoms with Gasteiger partial charge >= 0.3 is 0 Å². The van der Waals surface area contributed by atoms with Crippen LogP contribution in [-0.2, 0) is 14.3 Å². The van der Waals surface area contributed by atoms with Crippen molar-refractivity contribution in [1.82, 2.24) is 4.90 Å². The van der Waals surface area contributed by atoms with Crippen molar-refractivity contribution in [2.45, 2.75) is 32.6 Å². The number of piperidine rings is 1. The summed E-state index contributed by atoms with van der Waals surface area (Å²) in [6.07, 6.45) is 2.65. The predicted octanol–water partition coefficient (Wildman–Crippen LogP) is 0.527. The second-order valence-corrected chi connectivity index (χ2v) is 4.44. The Morgan fingerprint density at radius 2 is 2.00 bits per heavy atom. The first-order chi connectivity index (χ1) is 8.13. The van der Waals surface area contributed by atoms with E-state index in [1.807, 2.05) is 11.8 Å². The van der Waals surface area contributed by atoms with E-state index in [0.29, 0.717) is 32.0 Å². The number of carbonyl (C=O) groups is 2. The molecular formula is C12H22N2O3. The Morgan fingerprint density at radius 1 is 1.35 bits per heavy atom. The maximum Gasteiger partial charge on any atom is 0.224 e. The molecule has 5 nitrogen and oxygen atoms in total. The molecule has 2 N–H and O–H groups in total. The first-order valence-electron chi connectivity index (χ1n) is 6.27. The second-order valence-electron chi connectivity index (χ2n) is 4.44. The molecule has 5 heteroatoms. The van der Waals surface area contributed by atoms with Gasteiger partial charge in [0.25, 0.3) is 0 Å². The summed E-state index contributed by atoms with van der Waals surface area (Å²) in [5, 5.41) is 0. The molecular weight excluding hydrogens is 220 g/mol. The average Bonchev–Trinajstić information content (AvgIpc) is 2.29. The molecule has 0 aromatic heterocycles. The monoisotopic (exact) mass is 242 g/mol. The van der Waals surface area contributed by atoms with Crippen LogP contribution in [0.3, 0.4) is 0 Å². The maximum atomic E-state index is 11.8. The molecule has 1 heterocycles. The van der Waals surface area contributed by atoms with Gasteiger partial charge < -0.3 is 15.4 Å². The smallest absolute Gasteiger partial charge is 0.224 e. The van der Waals surface area contributed by atoms with Crippen molar-refractivity contribution in [3.8, 4) is 0 Å². The topological polar surface area (TPSA) is 72.6 Å². The Balaban J connectivity index is 2.21. The van der Waals surface area contributed by atoms with Crippen molar-refractivity contribution in [3.05, 3.63) is 0 Å². The maximum absolute atomic E-state index is 11.8. The lowest BCUT2D eigenvalue weighted by atomic mass is 9.93. The third kappa shape index (κ3) is 5.17. The number of amides is 2. The molecule has 98 valence electrons. The molecule has 1 aliphatic rings. The van der Waals surface area contributed by atoms with E-state index in [1.54, 1.807) is 0 Å². The molecule has 0 unspecified atom stereocenters. The fourth-order valence-electron chi connectivity index (χ4n) is 2.13. The molecule has 0 aromatic rings. The highest BCUT2D eigenvalue weighted by Crippen LogP contribution is 2.20. The first kappa shape index (κ1) is 14.0. The number of nitrogens with two attached hydrogens (primary N) is 1. The summed E-state index contributed by atoms with van der Waals surface area (Å²) in [5.41, 5.74) is 5.16. The summed E-state index contributed by atoms with van der Waals surface area (Å²) in [4.78, 5) is 24.4. The van der Waals surface area contributed by atoms with E-state index >= 15 is 0 Å². The number of ether oxygens (including phenoxy) is 1. The van der Waals surface area contributed by atoms with E-state index in [9.17, 15) is 9.59 Å². The average molecular weight is 242 g/mol. The van der Waals surface area contributed by atoms with Gasteiger partial charge in [-0.3, -0.25) is 9.59 Å². The molecule has 0 atom stereocenters. The van der Waals surface area contributed by atoms with Crippen molar-refractivity contribution in [1.29, 1.82) is 0 Å². The van der Waals surface area contributed by atoms with Gasteiger partial charge in [0.1, 0.15) is 0 Å². The molecule has 1 aliphatic heterocycles. The predicted molar refractivity (Wildman–Crippen MR) is 64.2 cm³/mol. The van der Waals surface area contributed by atoms with Crippen LogP contribution in [0.4, 0.5) is 0 Å². The number of nitrogens with zero attached hydrogens (tertiary/aromatic N) is 1. The minimum Gasteiger partial charge on any atom is -0.381 e. The van der Waals surface area contributed by atoms with Gasteiger partial charge in [-0.05, 0) is 25.7 Å². The molecule has 0 bridgehead atoms. The highest BCUT2D eigenvalue weighted by atomic mass is 16.5. The van der Waals surface area contributed by atoms with Gasteiger partial charge in [-0.25, -0.2) is 0 Å². The Morgan fingerprint density at radius 3 is 2.53 bits per heavy atom. The van der Waals surface area contributed by atoms with Crippen LogP contribution in [0.25, 0.3) is 0 Å². The Hall–Kier alpha value is -1.10. The number of carbonyl (C=O) groups excluding carboxylic acids is 2. The highest BCUT2D eigenvalue weighted by molar-refractivity contribution is 5.76. The molecule has 0 saturated carbocycles. The van der Waals surface area contributed by atoms with E-state index in [2.05, 4.69) is 0 Å². The minimum absolute atomic E-state index is 0.149. The molecule has 0 radical (unpaired) electrons. The normalized spacial score (nSPS) is 17.1. The minimum atomic E-state index is -0.244. The molecule has 0 aromatic carbocycles. The molecule has 17 heavy (non-hydrogen) atoms. The van der Waals surface area contributed by atoms with Gasteiger partial charge in [-0.15, -0.1) is 0 Å². The van der Waals surface area contributed by atoms with E-state index in [0.717, 1.165) is 25.9 Å². The zero-order valence-corrected chi connectivity index (χ0v) is 10.5. The summed E-state index contributed by atoms with van der Waals surface area (Å²) in [5.74, 6) is 0.255. The lowest BCUT2D eigenvalue weighted by Gasteiger charge is -2.31.